The number of alkyl carbamates (subject to hydrolysis) is 1. The second-order valence-corrected chi connectivity index (χ2v) is 7.08. The number of carbonyl (C=O) groups excluding carboxylic acids is 1. The Labute approximate surface area is 140 Å². The van der Waals surface area contributed by atoms with Crippen LogP contribution in [0, 0.1) is 0 Å². The van der Waals surface area contributed by atoms with Gasteiger partial charge in [-0.05, 0) is 27.2 Å². The monoisotopic (exact) mass is 342 g/mol. The second kappa shape index (κ2) is 6.86. The molecule has 1 amide bonds. The number of nitrogens with one attached hydrogen (secondary N) is 1. The lowest BCUT2D eigenvalue weighted by atomic mass is 10.2. The number of nitrogens with zero attached hydrogens (tertiary/aromatic N) is 3. The van der Waals surface area contributed by atoms with Gasteiger partial charge in [-0.1, -0.05) is 0 Å². The molecule has 1 unspecified atom stereocenters. The predicted octanol–water partition coefficient (Wildman–Crippen LogP) is 3.13. The van der Waals surface area contributed by atoms with Crippen molar-refractivity contribution >= 4 is 11.9 Å². The molecule has 0 bridgehead atoms. The molecular weight excluding hydrogens is 318 g/mol. The number of amides is 1. The molecule has 134 valence electrons. The maximum atomic E-state index is 13.3. The molecule has 0 aromatic carbocycles. The Bertz CT molecular complexity index is 572. The zero-order valence-electron chi connectivity index (χ0n) is 14.5. The molecule has 8 heteroatoms. The number of carbonyl (C=O) groups is 1. The molecule has 0 saturated heterocycles. The molecule has 0 radical (unpaired) electrons. The fourth-order valence-corrected chi connectivity index (χ4v) is 2.54. The minimum atomic E-state index is -2.59. The molecule has 1 N–H and O–H groups in total. The lowest BCUT2D eigenvalue weighted by Crippen LogP contribution is -2.33. The third-order valence-electron chi connectivity index (χ3n) is 3.79. The lowest BCUT2D eigenvalue weighted by Gasteiger charge is -2.25. The van der Waals surface area contributed by atoms with Crippen molar-refractivity contribution in [1.82, 2.24) is 15.3 Å². The van der Waals surface area contributed by atoms with Crippen LogP contribution in [0.1, 0.15) is 45.7 Å². The third kappa shape index (κ3) is 5.28. The van der Waals surface area contributed by atoms with Crippen molar-refractivity contribution < 1.29 is 18.3 Å². The Kier molecular flexibility index (Phi) is 5.25. The SMILES string of the molecule is CN(c1cnc(CNC(=O)OC(C)(C)C)cn1)C1CCC(F)(F)C1. The van der Waals surface area contributed by atoms with Crippen molar-refractivity contribution in [1.29, 1.82) is 0 Å². The van der Waals surface area contributed by atoms with Gasteiger partial charge in [-0.15, -0.1) is 0 Å². The van der Waals surface area contributed by atoms with Crippen molar-refractivity contribution in [2.45, 2.75) is 64.1 Å². The summed E-state index contributed by atoms with van der Waals surface area (Å²) in [6.45, 7) is 5.53. The summed E-state index contributed by atoms with van der Waals surface area (Å²) in [6.07, 6.45) is 2.71. The number of alkyl halides is 2. The first kappa shape index (κ1) is 18.4. The molecule has 1 atom stereocenters. The molecule has 1 aliphatic rings. The van der Waals surface area contributed by atoms with Crippen LogP contribution >= 0.6 is 0 Å². The van der Waals surface area contributed by atoms with E-state index in [1.807, 2.05) is 0 Å². The van der Waals surface area contributed by atoms with Crippen LogP contribution in [0.4, 0.5) is 19.4 Å². The van der Waals surface area contributed by atoms with Crippen molar-refractivity contribution in [2.24, 2.45) is 0 Å². The van der Waals surface area contributed by atoms with Gasteiger partial charge in [-0.3, -0.25) is 4.98 Å². The zero-order valence-corrected chi connectivity index (χ0v) is 14.5. The Balaban J connectivity index is 1.88. The average molecular weight is 342 g/mol. The molecule has 1 aromatic rings. The van der Waals surface area contributed by atoms with Gasteiger partial charge in [0, 0.05) is 25.9 Å². The molecule has 6 nitrogen and oxygen atoms in total. The maximum absolute atomic E-state index is 13.3. The number of ether oxygens (including phenoxy) is 1. The first-order valence-corrected chi connectivity index (χ1v) is 7.94. The van der Waals surface area contributed by atoms with Crippen molar-refractivity contribution in [3.63, 3.8) is 0 Å². The molecule has 1 aliphatic carbocycles. The van der Waals surface area contributed by atoms with Gasteiger partial charge < -0.3 is 15.0 Å². The topological polar surface area (TPSA) is 67.4 Å². The second-order valence-electron chi connectivity index (χ2n) is 7.08. The van der Waals surface area contributed by atoms with E-state index < -0.39 is 17.6 Å². The van der Waals surface area contributed by atoms with E-state index in [4.69, 9.17) is 4.74 Å². The maximum Gasteiger partial charge on any atom is 0.407 e. The first-order valence-electron chi connectivity index (χ1n) is 7.94. The molecule has 1 saturated carbocycles. The van der Waals surface area contributed by atoms with E-state index in [2.05, 4.69) is 15.3 Å². The summed E-state index contributed by atoms with van der Waals surface area (Å²) in [6, 6.07) is -0.236. The van der Waals surface area contributed by atoms with E-state index in [0.29, 0.717) is 17.9 Å². The minimum absolute atomic E-state index is 0.0900. The summed E-state index contributed by atoms with van der Waals surface area (Å²) >= 11 is 0. The van der Waals surface area contributed by atoms with Gasteiger partial charge in [-0.2, -0.15) is 0 Å². The Morgan fingerprint density at radius 2 is 2.12 bits per heavy atom. The van der Waals surface area contributed by atoms with Gasteiger partial charge in [0.15, 0.2) is 0 Å². The average Bonchev–Trinajstić information content (AvgIpc) is 2.83. The van der Waals surface area contributed by atoms with Crippen LogP contribution in [0.2, 0.25) is 0 Å². The van der Waals surface area contributed by atoms with E-state index in [9.17, 15) is 13.6 Å². The van der Waals surface area contributed by atoms with Crippen LogP contribution in [0.15, 0.2) is 12.4 Å². The fourth-order valence-electron chi connectivity index (χ4n) is 2.54. The van der Waals surface area contributed by atoms with Gasteiger partial charge >= 0.3 is 6.09 Å². The molecule has 1 heterocycles. The van der Waals surface area contributed by atoms with E-state index in [1.165, 1.54) is 12.4 Å². The van der Waals surface area contributed by atoms with Crippen LogP contribution < -0.4 is 10.2 Å². The molecule has 0 aliphatic heterocycles. The highest BCUT2D eigenvalue weighted by Gasteiger charge is 2.41. The van der Waals surface area contributed by atoms with Crippen molar-refractivity contribution in [2.75, 3.05) is 11.9 Å². The molecule has 2 rings (SSSR count). The van der Waals surface area contributed by atoms with E-state index in [0.717, 1.165) is 0 Å². The summed E-state index contributed by atoms with van der Waals surface area (Å²) in [5.74, 6) is -2.05. The normalized spacial score (nSPS) is 19.8. The van der Waals surface area contributed by atoms with Crippen LogP contribution in [0.25, 0.3) is 0 Å². The van der Waals surface area contributed by atoms with Gasteiger partial charge in [0.05, 0.1) is 24.6 Å². The van der Waals surface area contributed by atoms with Crippen LogP contribution in [0.3, 0.4) is 0 Å². The molecule has 0 spiro atoms. The van der Waals surface area contributed by atoms with Crippen molar-refractivity contribution in [3.8, 4) is 0 Å². The zero-order chi connectivity index (χ0) is 18.0. The minimum Gasteiger partial charge on any atom is -0.444 e. The van der Waals surface area contributed by atoms with Gasteiger partial charge in [0.2, 0.25) is 5.92 Å². The van der Waals surface area contributed by atoms with Gasteiger partial charge in [0.25, 0.3) is 0 Å². The number of anilines is 1. The highest BCUT2D eigenvalue weighted by atomic mass is 19.3. The summed E-state index contributed by atoms with van der Waals surface area (Å²) in [5.41, 5.74) is 0.000780. The standard InChI is InChI=1S/C16H24F2N4O2/c1-15(2,3)24-14(23)21-9-11-8-20-13(10-19-11)22(4)12-5-6-16(17,18)7-12/h8,10,12H,5-7,9H2,1-4H3,(H,21,23). The van der Waals surface area contributed by atoms with E-state index in [1.54, 1.807) is 32.7 Å². The summed E-state index contributed by atoms with van der Waals surface area (Å²) in [4.78, 5) is 21.8. The van der Waals surface area contributed by atoms with Crippen molar-refractivity contribution in [3.05, 3.63) is 18.1 Å². The Hall–Kier alpha value is -1.99. The van der Waals surface area contributed by atoms with Crippen LogP contribution in [0.5, 0.6) is 0 Å². The Morgan fingerprint density at radius 3 is 2.62 bits per heavy atom. The largest absolute Gasteiger partial charge is 0.444 e. The lowest BCUT2D eigenvalue weighted by molar-refractivity contribution is 0.00784. The van der Waals surface area contributed by atoms with E-state index >= 15 is 0 Å². The predicted molar refractivity (Wildman–Crippen MR) is 86.1 cm³/mol. The number of halogens is 2. The first-order chi connectivity index (χ1) is 11.1. The summed E-state index contributed by atoms with van der Waals surface area (Å²) in [5, 5.41) is 2.59. The number of hydrogen-bond donors (Lipinski definition) is 1. The quantitative estimate of drug-likeness (QED) is 0.910. The highest BCUT2D eigenvalue weighted by Crippen LogP contribution is 2.37. The molecular formula is C16H24F2N4O2. The van der Waals surface area contributed by atoms with E-state index in [-0.39, 0.29) is 25.4 Å². The van der Waals surface area contributed by atoms with Crippen LogP contribution in [-0.4, -0.2) is 40.7 Å². The Morgan fingerprint density at radius 1 is 1.42 bits per heavy atom. The molecule has 24 heavy (non-hydrogen) atoms. The highest BCUT2D eigenvalue weighted by molar-refractivity contribution is 5.67. The third-order valence-corrected chi connectivity index (χ3v) is 3.79. The smallest absolute Gasteiger partial charge is 0.407 e. The van der Waals surface area contributed by atoms with Gasteiger partial charge in [-0.25, -0.2) is 18.6 Å². The van der Waals surface area contributed by atoms with Gasteiger partial charge in [0.1, 0.15) is 11.4 Å². The summed E-state index contributed by atoms with van der Waals surface area (Å²) in [7, 11) is 1.74. The number of aromatic nitrogens is 2. The molecule has 1 fully saturated rings. The number of hydrogen-bond acceptors (Lipinski definition) is 5. The molecule has 1 aromatic heterocycles. The number of rotatable bonds is 4. The van der Waals surface area contributed by atoms with Crippen LogP contribution in [-0.2, 0) is 11.3 Å². The summed E-state index contributed by atoms with van der Waals surface area (Å²) < 4.78 is 31.8. The fraction of sp³-hybridized carbons (Fsp3) is 0.688.